The molecule has 0 saturated heterocycles. The number of carboxylic acids is 1. The maximum atomic E-state index is 13.2. The predicted molar refractivity (Wildman–Crippen MR) is 111 cm³/mol. The van der Waals surface area contributed by atoms with E-state index in [0.29, 0.717) is 36.6 Å². The lowest BCUT2D eigenvalue weighted by Crippen LogP contribution is -2.10. The zero-order chi connectivity index (χ0) is 22.4. The summed E-state index contributed by atoms with van der Waals surface area (Å²) in [5.41, 5.74) is 0.462. The topological polar surface area (TPSA) is 68.7 Å². The lowest BCUT2D eigenvalue weighted by Gasteiger charge is -2.11. The molecule has 5 nitrogen and oxygen atoms in total. The van der Waals surface area contributed by atoms with E-state index in [1.54, 1.807) is 36.6 Å². The fourth-order valence-electron chi connectivity index (χ4n) is 2.93. The van der Waals surface area contributed by atoms with E-state index < -0.39 is 24.3 Å². The van der Waals surface area contributed by atoms with E-state index in [4.69, 9.17) is 14.6 Å². The summed E-state index contributed by atoms with van der Waals surface area (Å²) < 4.78 is 50.5. The monoisotopic (exact) mass is 451 g/mol. The zero-order valence-corrected chi connectivity index (χ0v) is 17.4. The molecule has 0 aliphatic carbocycles. The van der Waals surface area contributed by atoms with Crippen LogP contribution in [0.15, 0.2) is 47.8 Å². The summed E-state index contributed by atoms with van der Waals surface area (Å²) in [7, 11) is 0. The molecule has 31 heavy (non-hydrogen) atoms. The van der Waals surface area contributed by atoms with Crippen LogP contribution in [-0.2, 0) is 17.4 Å². The number of thiazole rings is 1. The average Bonchev–Trinajstić information content (AvgIpc) is 3.18. The van der Waals surface area contributed by atoms with Crippen molar-refractivity contribution in [3.05, 3.63) is 64.0 Å². The maximum Gasteiger partial charge on any atom is 0.417 e. The van der Waals surface area contributed by atoms with Crippen LogP contribution < -0.4 is 9.47 Å². The van der Waals surface area contributed by atoms with Crippen LogP contribution in [0.1, 0.15) is 22.6 Å². The highest BCUT2D eigenvalue weighted by Crippen LogP contribution is 2.37. The number of alkyl halides is 3. The quantitative estimate of drug-likeness (QED) is 0.428. The summed E-state index contributed by atoms with van der Waals surface area (Å²) in [4.78, 5) is 14.9. The van der Waals surface area contributed by atoms with Crippen molar-refractivity contribution in [1.82, 2.24) is 4.98 Å². The fourth-order valence-corrected chi connectivity index (χ4v) is 3.77. The Morgan fingerprint density at radius 3 is 2.65 bits per heavy atom. The van der Waals surface area contributed by atoms with Gasteiger partial charge in [0.15, 0.2) is 6.61 Å². The van der Waals surface area contributed by atoms with Crippen LogP contribution in [0.5, 0.6) is 11.5 Å². The summed E-state index contributed by atoms with van der Waals surface area (Å²) in [6.07, 6.45) is -3.21. The molecule has 0 aliphatic heterocycles. The third-order valence-electron chi connectivity index (χ3n) is 4.36. The Labute approximate surface area is 181 Å². The number of hydrogen-bond acceptors (Lipinski definition) is 5. The maximum absolute atomic E-state index is 13.2. The summed E-state index contributed by atoms with van der Waals surface area (Å²) >= 11 is 1.32. The number of aliphatic carboxylic acids is 1. The van der Waals surface area contributed by atoms with Gasteiger partial charge in [-0.05, 0) is 43.2 Å². The van der Waals surface area contributed by atoms with Crippen molar-refractivity contribution in [2.24, 2.45) is 0 Å². The van der Waals surface area contributed by atoms with Gasteiger partial charge in [0.05, 0.1) is 22.9 Å². The standard InChI is InChI=1S/C22H20F3NO4S/c1-14-11-15(8-9-19(14)30-12-21(27)28)29-10-4-7-20-26-18(13-31-20)16-5-2-3-6-17(16)22(23,24)25/h2-3,5-6,8-9,11,13H,4,7,10,12H2,1H3,(H,27,28). The summed E-state index contributed by atoms with van der Waals surface area (Å²) in [6, 6.07) is 10.5. The van der Waals surface area contributed by atoms with Crippen LogP contribution >= 0.6 is 11.3 Å². The largest absolute Gasteiger partial charge is 0.494 e. The molecule has 3 aromatic rings. The third kappa shape index (κ3) is 6.21. The summed E-state index contributed by atoms with van der Waals surface area (Å²) in [6.45, 7) is 1.78. The minimum atomic E-state index is -4.43. The highest BCUT2D eigenvalue weighted by molar-refractivity contribution is 7.09. The van der Waals surface area contributed by atoms with Gasteiger partial charge >= 0.3 is 12.1 Å². The molecule has 0 unspecified atom stereocenters. The van der Waals surface area contributed by atoms with Crippen LogP contribution in [0.2, 0.25) is 0 Å². The first-order chi connectivity index (χ1) is 14.7. The fraction of sp³-hybridized carbons (Fsp3) is 0.273. The molecule has 3 rings (SSSR count). The summed E-state index contributed by atoms with van der Waals surface area (Å²) in [5, 5.41) is 11.0. The van der Waals surface area contributed by atoms with Crippen molar-refractivity contribution in [1.29, 1.82) is 0 Å². The molecule has 1 aromatic heterocycles. The molecule has 0 radical (unpaired) electrons. The molecule has 2 aromatic carbocycles. The van der Waals surface area contributed by atoms with E-state index in [2.05, 4.69) is 4.98 Å². The lowest BCUT2D eigenvalue weighted by atomic mass is 10.1. The Morgan fingerprint density at radius 2 is 1.94 bits per heavy atom. The number of halogens is 3. The van der Waals surface area contributed by atoms with Gasteiger partial charge in [0, 0.05) is 17.4 Å². The predicted octanol–water partition coefficient (Wildman–Crippen LogP) is 5.61. The molecule has 0 saturated carbocycles. The van der Waals surface area contributed by atoms with Crippen LogP contribution in [-0.4, -0.2) is 29.3 Å². The molecule has 164 valence electrons. The molecule has 0 amide bonds. The van der Waals surface area contributed by atoms with E-state index in [1.807, 2.05) is 0 Å². The van der Waals surface area contributed by atoms with Crippen molar-refractivity contribution in [3.8, 4) is 22.8 Å². The number of nitrogens with zero attached hydrogens (tertiary/aromatic N) is 1. The Hall–Kier alpha value is -3.07. The average molecular weight is 451 g/mol. The van der Waals surface area contributed by atoms with Gasteiger partial charge in [-0.25, -0.2) is 9.78 Å². The van der Waals surface area contributed by atoms with E-state index in [9.17, 15) is 18.0 Å². The molecular formula is C22H20F3NO4S. The van der Waals surface area contributed by atoms with Crippen LogP contribution in [0.4, 0.5) is 13.2 Å². The zero-order valence-electron chi connectivity index (χ0n) is 16.6. The number of aryl methyl sites for hydroxylation is 2. The number of ether oxygens (including phenoxy) is 2. The Bertz CT molecular complexity index is 1050. The molecular weight excluding hydrogens is 431 g/mol. The minimum absolute atomic E-state index is 0.0782. The van der Waals surface area contributed by atoms with Crippen molar-refractivity contribution in [3.63, 3.8) is 0 Å². The smallest absolute Gasteiger partial charge is 0.417 e. The van der Waals surface area contributed by atoms with Crippen molar-refractivity contribution in [2.45, 2.75) is 25.9 Å². The van der Waals surface area contributed by atoms with Crippen molar-refractivity contribution < 1.29 is 32.5 Å². The Morgan fingerprint density at radius 1 is 1.16 bits per heavy atom. The summed E-state index contributed by atoms with van der Waals surface area (Å²) in [5.74, 6) is 0.0512. The molecule has 0 spiro atoms. The van der Waals surface area contributed by atoms with Gasteiger partial charge in [-0.1, -0.05) is 18.2 Å². The van der Waals surface area contributed by atoms with Gasteiger partial charge in [0.1, 0.15) is 11.5 Å². The Balaban J connectivity index is 1.53. The molecule has 0 bridgehead atoms. The highest BCUT2D eigenvalue weighted by Gasteiger charge is 2.33. The first kappa shape index (κ1) is 22.6. The molecule has 0 aliphatic rings. The van der Waals surface area contributed by atoms with E-state index in [0.717, 1.165) is 16.6 Å². The number of carbonyl (C=O) groups is 1. The number of hydrogen-bond donors (Lipinski definition) is 1. The first-order valence-corrected chi connectivity index (χ1v) is 10.3. The molecule has 0 atom stereocenters. The lowest BCUT2D eigenvalue weighted by molar-refractivity contribution is -0.139. The second-order valence-corrected chi connectivity index (χ2v) is 7.67. The van der Waals surface area contributed by atoms with Crippen molar-refractivity contribution >= 4 is 17.3 Å². The van der Waals surface area contributed by atoms with Crippen LogP contribution in [0.25, 0.3) is 11.3 Å². The van der Waals surface area contributed by atoms with Gasteiger partial charge in [0.25, 0.3) is 0 Å². The number of carboxylic acid groups (broad SMARTS) is 1. The van der Waals surface area contributed by atoms with Gasteiger partial charge in [-0.2, -0.15) is 13.2 Å². The highest BCUT2D eigenvalue weighted by atomic mass is 32.1. The molecule has 9 heteroatoms. The van der Waals surface area contributed by atoms with E-state index in [1.165, 1.54) is 23.5 Å². The number of benzene rings is 2. The number of rotatable bonds is 9. The normalized spacial score (nSPS) is 11.4. The van der Waals surface area contributed by atoms with Crippen LogP contribution in [0, 0.1) is 6.92 Å². The third-order valence-corrected chi connectivity index (χ3v) is 5.27. The van der Waals surface area contributed by atoms with E-state index >= 15 is 0 Å². The second kappa shape index (κ2) is 9.82. The van der Waals surface area contributed by atoms with Gasteiger partial charge in [-0.3, -0.25) is 0 Å². The van der Waals surface area contributed by atoms with E-state index in [-0.39, 0.29) is 5.56 Å². The Kier molecular flexibility index (Phi) is 7.17. The molecule has 1 N–H and O–H groups in total. The molecule has 1 heterocycles. The van der Waals surface area contributed by atoms with Gasteiger partial charge in [0.2, 0.25) is 0 Å². The van der Waals surface area contributed by atoms with Crippen LogP contribution in [0.3, 0.4) is 0 Å². The van der Waals surface area contributed by atoms with Gasteiger partial charge in [-0.15, -0.1) is 11.3 Å². The van der Waals surface area contributed by atoms with Crippen molar-refractivity contribution in [2.75, 3.05) is 13.2 Å². The second-order valence-electron chi connectivity index (χ2n) is 6.73. The molecule has 0 fully saturated rings. The first-order valence-electron chi connectivity index (χ1n) is 9.43. The van der Waals surface area contributed by atoms with Gasteiger partial charge < -0.3 is 14.6 Å². The minimum Gasteiger partial charge on any atom is -0.494 e. The SMILES string of the molecule is Cc1cc(OCCCc2nc(-c3ccccc3C(F)(F)F)cs2)ccc1OCC(=O)O. The number of aromatic nitrogens is 1.